The highest BCUT2D eigenvalue weighted by Crippen LogP contribution is 1.95. The summed E-state index contributed by atoms with van der Waals surface area (Å²) in [6.45, 7) is -0.293. The number of ether oxygens (including phenoxy) is 2. The summed E-state index contributed by atoms with van der Waals surface area (Å²) in [5.41, 5.74) is 0. The van der Waals surface area contributed by atoms with Crippen LogP contribution in [0.4, 0.5) is 4.79 Å². The molecule has 0 aromatic heterocycles. The Hall–Kier alpha value is -0.480. The highest BCUT2D eigenvalue weighted by atomic mass is 35.5. The van der Waals surface area contributed by atoms with Crippen molar-refractivity contribution in [1.82, 2.24) is 0 Å². The molecule has 0 saturated heterocycles. The van der Waals surface area contributed by atoms with Gasteiger partial charge in [-0.15, -0.1) is 11.6 Å². The van der Waals surface area contributed by atoms with Gasteiger partial charge in [0.2, 0.25) is 0 Å². The smallest absolute Gasteiger partial charge is 0.438 e. The van der Waals surface area contributed by atoms with Crippen LogP contribution in [0.3, 0.4) is 0 Å². The first-order chi connectivity index (χ1) is 4.74. The first kappa shape index (κ1) is 9.52. The van der Waals surface area contributed by atoms with Gasteiger partial charge in [0.15, 0.2) is 0 Å². The van der Waals surface area contributed by atoms with E-state index in [1.165, 1.54) is 7.11 Å². The molecule has 0 fully saturated rings. The first-order valence-electron chi connectivity index (χ1n) is 2.66. The summed E-state index contributed by atoms with van der Waals surface area (Å²) < 4.78 is 8.61. The zero-order chi connectivity index (χ0) is 7.98. The molecule has 0 aliphatic heterocycles. The molecule has 0 aromatic carbocycles. The molecule has 0 aliphatic rings. The summed E-state index contributed by atoms with van der Waals surface area (Å²) in [7, 11) is 1.19. The van der Waals surface area contributed by atoms with E-state index in [1.54, 1.807) is 0 Å². The fourth-order valence-corrected chi connectivity index (χ4v) is 0.462. The van der Waals surface area contributed by atoms with E-state index in [-0.39, 0.29) is 12.5 Å². The van der Waals surface area contributed by atoms with E-state index < -0.39 is 12.3 Å². The van der Waals surface area contributed by atoms with Gasteiger partial charge in [0.25, 0.3) is 0 Å². The number of hydrogen-bond donors (Lipinski definition) is 1. The Labute approximate surface area is 63.7 Å². The molecule has 4 nitrogen and oxygen atoms in total. The Bertz CT molecular complexity index is 102. The molecule has 0 amide bonds. The molecule has 1 N–H and O–H groups in total. The number of hydrogen-bond acceptors (Lipinski definition) is 4. The van der Waals surface area contributed by atoms with Gasteiger partial charge in [0.05, 0.1) is 19.6 Å². The van der Waals surface area contributed by atoms with Crippen LogP contribution in [0.1, 0.15) is 0 Å². The van der Waals surface area contributed by atoms with Crippen molar-refractivity contribution < 1.29 is 19.4 Å². The Morgan fingerprint density at radius 2 is 2.40 bits per heavy atom. The summed E-state index contributed by atoms with van der Waals surface area (Å²) in [5.74, 6) is 0.0611. The van der Waals surface area contributed by atoms with E-state index in [0.717, 1.165) is 0 Å². The lowest BCUT2D eigenvalue weighted by Gasteiger charge is -2.09. The third-order valence-electron chi connectivity index (χ3n) is 0.805. The molecule has 0 bridgehead atoms. The molecule has 0 aromatic rings. The standard InChI is InChI=1S/C5H9ClO4/c1-9-5(8)10-4(2-6)3-7/h4,7H,2-3H2,1H3. The maximum absolute atomic E-state index is 10.3. The molecule has 0 saturated carbocycles. The second-order valence-corrected chi connectivity index (χ2v) is 1.84. The van der Waals surface area contributed by atoms with E-state index in [4.69, 9.17) is 16.7 Å². The van der Waals surface area contributed by atoms with Crippen molar-refractivity contribution in [3.63, 3.8) is 0 Å². The number of methoxy groups -OCH3 is 1. The third kappa shape index (κ3) is 3.53. The first-order valence-corrected chi connectivity index (χ1v) is 3.19. The minimum atomic E-state index is -0.834. The van der Waals surface area contributed by atoms with E-state index in [9.17, 15) is 4.79 Å². The Kier molecular flexibility index (Phi) is 5.06. The maximum atomic E-state index is 10.3. The van der Waals surface area contributed by atoms with Gasteiger partial charge in [-0.05, 0) is 0 Å². The lowest BCUT2D eigenvalue weighted by molar-refractivity contribution is 0.0224. The van der Waals surface area contributed by atoms with Gasteiger partial charge in [0, 0.05) is 0 Å². The van der Waals surface area contributed by atoms with E-state index in [1.807, 2.05) is 0 Å². The molecule has 1 atom stereocenters. The van der Waals surface area contributed by atoms with Crippen LogP contribution in [0.25, 0.3) is 0 Å². The van der Waals surface area contributed by atoms with Crippen LogP contribution in [-0.2, 0) is 9.47 Å². The molecule has 0 spiro atoms. The summed E-state index contributed by atoms with van der Waals surface area (Å²) in [6.07, 6.45) is -1.51. The van der Waals surface area contributed by atoms with Crippen LogP contribution >= 0.6 is 11.6 Å². The van der Waals surface area contributed by atoms with E-state index in [0.29, 0.717) is 0 Å². The monoisotopic (exact) mass is 168 g/mol. The third-order valence-corrected chi connectivity index (χ3v) is 1.15. The van der Waals surface area contributed by atoms with Crippen LogP contribution in [0.2, 0.25) is 0 Å². The zero-order valence-electron chi connectivity index (χ0n) is 5.54. The highest BCUT2D eigenvalue weighted by molar-refractivity contribution is 6.18. The molecule has 5 heteroatoms. The van der Waals surface area contributed by atoms with Crippen molar-refractivity contribution in [2.45, 2.75) is 6.10 Å². The van der Waals surface area contributed by atoms with Crippen molar-refractivity contribution in [2.75, 3.05) is 19.6 Å². The fraction of sp³-hybridized carbons (Fsp3) is 0.800. The largest absolute Gasteiger partial charge is 0.508 e. The van der Waals surface area contributed by atoms with Gasteiger partial charge in [-0.3, -0.25) is 0 Å². The van der Waals surface area contributed by atoms with Gasteiger partial charge >= 0.3 is 6.16 Å². The normalized spacial score (nSPS) is 12.3. The lowest BCUT2D eigenvalue weighted by Crippen LogP contribution is -2.23. The van der Waals surface area contributed by atoms with Crippen LogP contribution in [0.5, 0.6) is 0 Å². The van der Waals surface area contributed by atoms with E-state index >= 15 is 0 Å². The minimum absolute atomic E-state index is 0.0611. The van der Waals surface area contributed by atoms with Gasteiger partial charge in [-0.25, -0.2) is 4.79 Å². The molecule has 10 heavy (non-hydrogen) atoms. The van der Waals surface area contributed by atoms with Gasteiger partial charge in [0.1, 0.15) is 6.10 Å². The molecular weight excluding hydrogens is 160 g/mol. The average Bonchev–Trinajstić information content (AvgIpc) is 1.99. The minimum Gasteiger partial charge on any atom is -0.438 e. The quantitative estimate of drug-likeness (QED) is 0.489. The van der Waals surface area contributed by atoms with Gasteiger partial charge in [-0.1, -0.05) is 0 Å². The number of halogens is 1. The number of rotatable bonds is 3. The Morgan fingerprint density at radius 3 is 2.70 bits per heavy atom. The van der Waals surface area contributed by atoms with Crippen LogP contribution in [0, 0.1) is 0 Å². The van der Waals surface area contributed by atoms with Crippen molar-refractivity contribution in [3.05, 3.63) is 0 Å². The lowest BCUT2D eigenvalue weighted by atomic mass is 10.4. The molecule has 0 aliphatic carbocycles. The topological polar surface area (TPSA) is 55.8 Å². The Morgan fingerprint density at radius 1 is 1.80 bits per heavy atom. The number of alkyl halides is 1. The molecule has 1 unspecified atom stereocenters. The van der Waals surface area contributed by atoms with Gasteiger partial charge < -0.3 is 14.6 Å². The van der Waals surface area contributed by atoms with Crippen LogP contribution in [-0.4, -0.2) is 37.0 Å². The van der Waals surface area contributed by atoms with Crippen LogP contribution < -0.4 is 0 Å². The second kappa shape index (κ2) is 5.32. The summed E-state index contributed by atoms with van der Waals surface area (Å²) in [4.78, 5) is 10.3. The Balaban J connectivity index is 3.52. The predicted molar refractivity (Wildman–Crippen MR) is 35.1 cm³/mol. The summed E-state index contributed by atoms with van der Waals surface area (Å²) in [5, 5.41) is 8.45. The zero-order valence-corrected chi connectivity index (χ0v) is 6.30. The van der Waals surface area contributed by atoms with Crippen molar-refractivity contribution >= 4 is 17.8 Å². The molecular formula is C5H9ClO4. The SMILES string of the molecule is COC(=O)OC(CO)CCl. The molecule has 60 valence electrons. The number of aliphatic hydroxyl groups excluding tert-OH is 1. The molecule has 0 heterocycles. The molecule has 0 rings (SSSR count). The number of carbonyl (C=O) groups excluding carboxylic acids is 1. The number of carbonyl (C=O) groups is 1. The molecule has 0 radical (unpaired) electrons. The van der Waals surface area contributed by atoms with Gasteiger partial charge in [-0.2, -0.15) is 0 Å². The summed E-state index contributed by atoms with van der Waals surface area (Å²) >= 11 is 5.28. The second-order valence-electron chi connectivity index (χ2n) is 1.53. The fourth-order valence-electron chi connectivity index (χ4n) is 0.302. The summed E-state index contributed by atoms with van der Waals surface area (Å²) in [6, 6.07) is 0. The van der Waals surface area contributed by atoms with Crippen LogP contribution in [0.15, 0.2) is 0 Å². The maximum Gasteiger partial charge on any atom is 0.508 e. The van der Waals surface area contributed by atoms with Crippen molar-refractivity contribution in [2.24, 2.45) is 0 Å². The van der Waals surface area contributed by atoms with Crippen molar-refractivity contribution in [1.29, 1.82) is 0 Å². The average molecular weight is 169 g/mol. The van der Waals surface area contributed by atoms with Crippen molar-refractivity contribution in [3.8, 4) is 0 Å². The highest BCUT2D eigenvalue weighted by Gasteiger charge is 2.11. The van der Waals surface area contributed by atoms with E-state index in [2.05, 4.69) is 9.47 Å². The number of aliphatic hydroxyl groups is 1. The predicted octanol–water partition coefficient (Wildman–Crippen LogP) is 0.369.